The summed E-state index contributed by atoms with van der Waals surface area (Å²) in [6, 6.07) is 15.7. The SMILES string of the molecule is Cc1ccc(-c2cc(C(=O)NC3CC3)n(-c3cccc(Cl)c3)n2)cc1C. The van der Waals surface area contributed by atoms with Crippen LogP contribution in [0, 0.1) is 13.8 Å². The first kappa shape index (κ1) is 16.9. The normalized spacial score (nSPS) is 13.7. The molecule has 0 aliphatic heterocycles. The van der Waals surface area contributed by atoms with Crippen molar-refractivity contribution in [3.63, 3.8) is 0 Å². The van der Waals surface area contributed by atoms with E-state index in [9.17, 15) is 4.79 Å². The smallest absolute Gasteiger partial charge is 0.270 e. The van der Waals surface area contributed by atoms with Crippen molar-refractivity contribution < 1.29 is 4.79 Å². The highest BCUT2D eigenvalue weighted by Crippen LogP contribution is 2.26. The van der Waals surface area contributed by atoms with Crippen LogP contribution in [-0.4, -0.2) is 21.7 Å². The summed E-state index contributed by atoms with van der Waals surface area (Å²) in [7, 11) is 0. The summed E-state index contributed by atoms with van der Waals surface area (Å²) in [6.07, 6.45) is 2.09. The van der Waals surface area contributed by atoms with Gasteiger partial charge in [0, 0.05) is 16.6 Å². The average Bonchev–Trinajstić information content (AvgIpc) is 3.31. The van der Waals surface area contributed by atoms with Crippen molar-refractivity contribution >= 4 is 17.5 Å². The topological polar surface area (TPSA) is 46.9 Å². The molecule has 0 saturated heterocycles. The number of aryl methyl sites for hydroxylation is 2. The van der Waals surface area contributed by atoms with E-state index in [4.69, 9.17) is 16.7 Å². The third kappa shape index (κ3) is 3.37. The number of amides is 1. The Hall–Kier alpha value is -2.59. The van der Waals surface area contributed by atoms with Crippen molar-refractivity contribution in [3.8, 4) is 16.9 Å². The first-order chi connectivity index (χ1) is 12.5. The molecule has 132 valence electrons. The molecule has 5 heteroatoms. The number of rotatable bonds is 4. The largest absolute Gasteiger partial charge is 0.348 e. The molecule has 4 rings (SSSR count). The lowest BCUT2D eigenvalue weighted by molar-refractivity contribution is 0.0943. The Kier molecular flexibility index (Phi) is 4.29. The van der Waals surface area contributed by atoms with E-state index in [0.29, 0.717) is 10.7 Å². The Morgan fingerprint density at radius 1 is 1.12 bits per heavy atom. The van der Waals surface area contributed by atoms with Gasteiger partial charge in [0.25, 0.3) is 5.91 Å². The summed E-state index contributed by atoms with van der Waals surface area (Å²) in [6.45, 7) is 4.16. The molecule has 0 bridgehead atoms. The molecule has 1 saturated carbocycles. The summed E-state index contributed by atoms with van der Waals surface area (Å²) >= 11 is 6.14. The second-order valence-corrected chi connectivity index (χ2v) is 7.29. The van der Waals surface area contributed by atoms with Crippen LogP contribution in [0.15, 0.2) is 48.5 Å². The van der Waals surface area contributed by atoms with Crippen LogP contribution in [0.25, 0.3) is 16.9 Å². The predicted molar refractivity (Wildman–Crippen MR) is 104 cm³/mol. The van der Waals surface area contributed by atoms with Crippen LogP contribution in [0.3, 0.4) is 0 Å². The van der Waals surface area contributed by atoms with E-state index in [-0.39, 0.29) is 11.9 Å². The van der Waals surface area contributed by atoms with Gasteiger partial charge in [0.1, 0.15) is 5.69 Å². The van der Waals surface area contributed by atoms with Crippen molar-refractivity contribution in [1.82, 2.24) is 15.1 Å². The quantitative estimate of drug-likeness (QED) is 0.728. The fourth-order valence-corrected chi connectivity index (χ4v) is 3.06. The van der Waals surface area contributed by atoms with Gasteiger partial charge in [0.2, 0.25) is 0 Å². The molecular weight excluding hydrogens is 346 g/mol. The number of hydrogen-bond acceptors (Lipinski definition) is 2. The van der Waals surface area contributed by atoms with Crippen molar-refractivity contribution in [2.45, 2.75) is 32.7 Å². The second-order valence-electron chi connectivity index (χ2n) is 6.85. The molecule has 1 fully saturated rings. The van der Waals surface area contributed by atoms with Gasteiger partial charge in [-0.3, -0.25) is 4.79 Å². The summed E-state index contributed by atoms with van der Waals surface area (Å²) in [5, 5.41) is 8.37. The monoisotopic (exact) mass is 365 g/mol. The Labute approximate surface area is 157 Å². The molecule has 3 aromatic rings. The van der Waals surface area contributed by atoms with E-state index in [1.165, 1.54) is 11.1 Å². The van der Waals surface area contributed by atoms with Crippen LogP contribution in [-0.2, 0) is 0 Å². The van der Waals surface area contributed by atoms with Crippen molar-refractivity contribution in [2.24, 2.45) is 0 Å². The number of benzene rings is 2. The van der Waals surface area contributed by atoms with E-state index in [0.717, 1.165) is 29.8 Å². The summed E-state index contributed by atoms with van der Waals surface area (Å²) < 4.78 is 1.67. The summed E-state index contributed by atoms with van der Waals surface area (Å²) in [5.41, 5.74) is 5.49. The molecule has 4 nitrogen and oxygen atoms in total. The molecule has 26 heavy (non-hydrogen) atoms. The molecule has 1 aromatic heterocycles. The highest BCUT2D eigenvalue weighted by molar-refractivity contribution is 6.30. The molecular formula is C21H20ClN3O. The van der Waals surface area contributed by atoms with Crippen LogP contribution >= 0.6 is 11.6 Å². The molecule has 0 radical (unpaired) electrons. The van der Waals surface area contributed by atoms with Gasteiger partial charge < -0.3 is 5.32 Å². The first-order valence-electron chi connectivity index (χ1n) is 8.76. The number of carbonyl (C=O) groups is 1. The maximum atomic E-state index is 12.7. The zero-order valence-corrected chi connectivity index (χ0v) is 15.5. The van der Waals surface area contributed by atoms with Gasteiger partial charge in [-0.05, 0) is 68.1 Å². The zero-order valence-electron chi connectivity index (χ0n) is 14.8. The van der Waals surface area contributed by atoms with E-state index < -0.39 is 0 Å². The fourth-order valence-electron chi connectivity index (χ4n) is 2.88. The van der Waals surface area contributed by atoms with Crippen LogP contribution < -0.4 is 5.32 Å². The molecule has 1 N–H and O–H groups in total. The van der Waals surface area contributed by atoms with Gasteiger partial charge in [-0.2, -0.15) is 5.10 Å². The number of carbonyl (C=O) groups excluding carboxylic acids is 1. The lowest BCUT2D eigenvalue weighted by atomic mass is 10.0. The van der Waals surface area contributed by atoms with Gasteiger partial charge in [-0.15, -0.1) is 0 Å². The molecule has 1 amide bonds. The lowest BCUT2D eigenvalue weighted by Crippen LogP contribution is -2.27. The van der Waals surface area contributed by atoms with Gasteiger partial charge in [0.15, 0.2) is 0 Å². The van der Waals surface area contributed by atoms with Crippen LogP contribution in [0.2, 0.25) is 5.02 Å². The standard InChI is InChI=1S/C21H20ClN3O/c1-13-6-7-15(10-14(13)2)19-12-20(21(26)23-17-8-9-17)25(24-19)18-5-3-4-16(22)11-18/h3-7,10-12,17H,8-9H2,1-2H3,(H,23,26). The highest BCUT2D eigenvalue weighted by Gasteiger charge is 2.26. The Bertz CT molecular complexity index is 989. The third-order valence-electron chi connectivity index (χ3n) is 4.71. The van der Waals surface area contributed by atoms with Gasteiger partial charge in [-0.25, -0.2) is 4.68 Å². The molecule has 1 heterocycles. The van der Waals surface area contributed by atoms with Gasteiger partial charge in [-0.1, -0.05) is 29.8 Å². The number of nitrogens with one attached hydrogen (secondary N) is 1. The highest BCUT2D eigenvalue weighted by atomic mass is 35.5. The first-order valence-corrected chi connectivity index (χ1v) is 9.13. The lowest BCUT2D eigenvalue weighted by Gasteiger charge is -2.08. The minimum Gasteiger partial charge on any atom is -0.348 e. The van der Waals surface area contributed by atoms with Gasteiger partial charge >= 0.3 is 0 Å². The van der Waals surface area contributed by atoms with E-state index >= 15 is 0 Å². The maximum absolute atomic E-state index is 12.7. The van der Waals surface area contributed by atoms with Crippen molar-refractivity contribution in [1.29, 1.82) is 0 Å². The number of aromatic nitrogens is 2. The van der Waals surface area contributed by atoms with Crippen molar-refractivity contribution in [2.75, 3.05) is 0 Å². The summed E-state index contributed by atoms with van der Waals surface area (Å²) in [4.78, 5) is 12.7. The minimum absolute atomic E-state index is 0.102. The van der Waals surface area contributed by atoms with Crippen molar-refractivity contribution in [3.05, 3.63) is 70.4 Å². The van der Waals surface area contributed by atoms with Crippen LogP contribution in [0.1, 0.15) is 34.5 Å². The molecule has 0 atom stereocenters. The van der Waals surface area contributed by atoms with E-state index in [2.05, 4.69) is 31.3 Å². The Morgan fingerprint density at radius 2 is 1.92 bits per heavy atom. The Balaban J connectivity index is 1.81. The third-order valence-corrected chi connectivity index (χ3v) is 4.95. The Morgan fingerprint density at radius 3 is 2.62 bits per heavy atom. The van der Waals surface area contributed by atoms with Gasteiger partial charge in [0.05, 0.1) is 11.4 Å². The minimum atomic E-state index is -0.102. The number of nitrogens with zero attached hydrogens (tertiary/aromatic N) is 2. The van der Waals surface area contributed by atoms with E-state index in [1.807, 2.05) is 36.4 Å². The second kappa shape index (κ2) is 6.61. The average molecular weight is 366 g/mol. The maximum Gasteiger partial charge on any atom is 0.270 e. The molecule has 2 aromatic carbocycles. The molecule has 1 aliphatic carbocycles. The van der Waals surface area contributed by atoms with Crippen LogP contribution in [0.4, 0.5) is 0 Å². The zero-order chi connectivity index (χ0) is 18.3. The molecule has 0 spiro atoms. The molecule has 0 unspecified atom stereocenters. The van der Waals surface area contributed by atoms with Crippen LogP contribution in [0.5, 0.6) is 0 Å². The summed E-state index contributed by atoms with van der Waals surface area (Å²) in [5.74, 6) is -0.102. The molecule has 1 aliphatic rings. The predicted octanol–water partition coefficient (Wildman–Crippen LogP) is 4.70. The number of halogens is 1. The number of hydrogen-bond donors (Lipinski definition) is 1. The fraction of sp³-hybridized carbons (Fsp3) is 0.238. The van der Waals surface area contributed by atoms with E-state index in [1.54, 1.807) is 4.68 Å².